The van der Waals surface area contributed by atoms with E-state index in [1.165, 1.54) is 4.90 Å². The number of carbonyl (C=O) groups excluding carboxylic acids is 2. The largest absolute Gasteiger partial charge is 0.273 e. The van der Waals surface area contributed by atoms with E-state index in [0.717, 1.165) is 15.7 Å². The van der Waals surface area contributed by atoms with Gasteiger partial charge in [0.1, 0.15) is 5.92 Å². The Labute approximate surface area is 186 Å². The molecule has 2 amide bonds. The summed E-state index contributed by atoms with van der Waals surface area (Å²) in [6.45, 7) is 0. The first kappa shape index (κ1) is 19.3. The lowest BCUT2D eigenvalue weighted by molar-refractivity contribution is -0.126. The number of anilines is 2. The second-order valence-electron chi connectivity index (χ2n) is 7.20. The van der Waals surface area contributed by atoms with Crippen LogP contribution in [0.2, 0.25) is 5.02 Å². The van der Waals surface area contributed by atoms with Crippen molar-refractivity contribution in [3.05, 3.63) is 93.9 Å². The van der Waals surface area contributed by atoms with Gasteiger partial charge in [-0.25, -0.2) is 9.96 Å². The van der Waals surface area contributed by atoms with Crippen LogP contribution >= 0.6 is 27.5 Å². The topological polar surface area (TPSA) is 49.9 Å². The molecular formula is C23H16BrClN2O3. The van der Waals surface area contributed by atoms with Gasteiger partial charge in [0.2, 0.25) is 5.91 Å². The van der Waals surface area contributed by atoms with Crippen LogP contribution in [0.15, 0.2) is 83.3 Å². The Morgan fingerprint density at radius 2 is 1.57 bits per heavy atom. The molecule has 3 atom stereocenters. The van der Waals surface area contributed by atoms with Crippen LogP contribution in [0.3, 0.4) is 0 Å². The monoisotopic (exact) mass is 482 g/mol. The molecule has 150 valence electrons. The molecule has 7 heteroatoms. The maximum Gasteiger partial charge on any atom is 0.266 e. The summed E-state index contributed by atoms with van der Waals surface area (Å²) in [5.41, 5.74) is 2.17. The Bertz CT molecular complexity index is 1120. The van der Waals surface area contributed by atoms with E-state index in [1.54, 1.807) is 29.3 Å². The number of halogens is 2. The van der Waals surface area contributed by atoms with E-state index in [1.807, 2.05) is 54.6 Å². The molecule has 0 radical (unpaired) electrons. The second kappa shape index (κ2) is 7.54. The average Bonchev–Trinajstić information content (AvgIpc) is 3.26. The number of hydroxylamine groups is 1. The Kier molecular flexibility index (Phi) is 4.85. The number of hydrogen-bond donors (Lipinski definition) is 0. The first-order valence-corrected chi connectivity index (χ1v) is 10.6. The molecule has 0 spiro atoms. The van der Waals surface area contributed by atoms with Gasteiger partial charge in [-0.15, -0.1) is 0 Å². The van der Waals surface area contributed by atoms with Crippen LogP contribution in [0.4, 0.5) is 11.4 Å². The molecule has 2 heterocycles. The standard InChI is InChI=1S/C23H16BrClN2O3/c24-15-6-4-5-14(13-15)20-19-21(30-27(20)18-7-2-1-3-8-18)23(29)26(22(19)28)17-11-9-16(25)10-12-17/h1-13,19-21H/t19-,20+,21+/m1/s1. The highest BCUT2D eigenvalue weighted by molar-refractivity contribution is 9.10. The van der Waals surface area contributed by atoms with Gasteiger partial charge in [0, 0.05) is 9.50 Å². The van der Waals surface area contributed by atoms with Gasteiger partial charge in [-0.1, -0.05) is 57.9 Å². The van der Waals surface area contributed by atoms with Crippen molar-refractivity contribution in [2.45, 2.75) is 12.1 Å². The number of para-hydroxylation sites is 1. The van der Waals surface area contributed by atoms with Crippen LogP contribution < -0.4 is 9.96 Å². The van der Waals surface area contributed by atoms with Crippen molar-refractivity contribution in [1.29, 1.82) is 0 Å². The van der Waals surface area contributed by atoms with E-state index in [-0.39, 0.29) is 11.8 Å². The van der Waals surface area contributed by atoms with Gasteiger partial charge >= 0.3 is 0 Å². The number of hydrogen-bond acceptors (Lipinski definition) is 4. The summed E-state index contributed by atoms with van der Waals surface area (Å²) >= 11 is 9.47. The Hall–Kier alpha value is -2.67. The summed E-state index contributed by atoms with van der Waals surface area (Å²) in [7, 11) is 0. The first-order chi connectivity index (χ1) is 14.5. The minimum Gasteiger partial charge on any atom is -0.273 e. The summed E-state index contributed by atoms with van der Waals surface area (Å²) in [6.07, 6.45) is -0.891. The molecule has 0 N–H and O–H groups in total. The van der Waals surface area contributed by atoms with Gasteiger partial charge in [0.25, 0.3) is 5.91 Å². The average molecular weight is 484 g/mol. The fourth-order valence-corrected chi connectivity index (χ4v) is 4.63. The molecular weight excluding hydrogens is 468 g/mol. The smallest absolute Gasteiger partial charge is 0.266 e. The third-order valence-electron chi connectivity index (χ3n) is 5.40. The third-order valence-corrected chi connectivity index (χ3v) is 6.15. The summed E-state index contributed by atoms with van der Waals surface area (Å²) in [5.74, 6) is -1.32. The van der Waals surface area contributed by atoms with Crippen LogP contribution in [0, 0.1) is 5.92 Å². The number of benzene rings is 3. The van der Waals surface area contributed by atoms with Crippen molar-refractivity contribution < 1.29 is 14.4 Å². The molecule has 30 heavy (non-hydrogen) atoms. The first-order valence-electron chi connectivity index (χ1n) is 9.44. The van der Waals surface area contributed by atoms with Crippen LogP contribution in [0.5, 0.6) is 0 Å². The highest BCUT2D eigenvalue weighted by Crippen LogP contribution is 2.47. The highest BCUT2D eigenvalue weighted by atomic mass is 79.9. The van der Waals surface area contributed by atoms with Crippen molar-refractivity contribution >= 4 is 50.7 Å². The van der Waals surface area contributed by atoms with E-state index in [4.69, 9.17) is 16.4 Å². The third kappa shape index (κ3) is 3.12. The number of fused-ring (bicyclic) bond motifs is 1. The maximum absolute atomic E-state index is 13.5. The normalized spacial score (nSPS) is 23.2. The molecule has 5 rings (SSSR count). The van der Waals surface area contributed by atoms with Crippen LogP contribution in [-0.4, -0.2) is 17.9 Å². The number of nitrogens with zero attached hydrogens (tertiary/aromatic N) is 2. The molecule has 2 fully saturated rings. The van der Waals surface area contributed by atoms with Crippen LogP contribution in [-0.2, 0) is 14.4 Å². The summed E-state index contributed by atoms with van der Waals surface area (Å²) < 4.78 is 0.891. The van der Waals surface area contributed by atoms with Crippen molar-refractivity contribution in [3.63, 3.8) is 0 Å². The van der Waals surface area contributed by atoms with E-state index >= 15 is 0 Å². The number of carbonyl (C=O) groups is 2. The summed E-state index contributed by atoms with van der Waals surface area (Å²) in [5, 5.41) is 2.23. The van der Waals surface area contributed by atoms with Gasteiger partial charge < -0.3 is 0 Å². The number of imide groups is 1. The fraction of sp³-hybridized carbons (Fsp3) is 0.130. The molecule has 2 aliphatic heterocycles. The minimum atomic E-state index is -0.891. The number of amides is 2. The molecule has 2 saturated heterocycles. The quantitative estimate of drug-likeness (QED) is 0.483. The van der Waals surface area contributed by atoms with Gasteiger partial charge in [-0.3, -0.25) is 14.4 Å². The van der Waals surface area contributed by atoms with Crippen LogP contribution in [0.25, 0.3) is 0 Å². The van der Waals surface area contributed by atoms with Gasteiger partial charge in [-0.2, -0.15) is 0 Å². The van der Waals surface area contributed by atoms with Crippen molar-refractivity contribution in [2.75, 3.05) is 9.96 Å². The predicted molar refractivity (Wildman–Crippen MR) is 118 cm³/mol. The van der Waals surface area contributed by atoms with Crippen molar-refractivity contribution in [2.24, 2.45) is 5.92 Å². The summed E-state index contributed by atoms with van der Waals surface area (Å²) in [6, 6.07) is 23.5. The van der Waals surface area contributed by atoms with Crippen molar-refractivity contribution in [1.82, 2.24) is 0 Å². The zero-order chi connectivity index (χ0) is 20.8. The molecule has 5 nitrogen and oxygen atoms in total. The minimum absolute atomic E-state index is 0.282. The predicted octanol–water partition coefficient (Wildman–Crippen LogP) is 5.15. The van der Waals surface area contributed by atoms with E-state index in [9.17, 15) is 9.59 Å². The second-order valence-corrected chi connectivity index (χ2v) is 8.55. The Morgan fingerprint density at radius 1 is 0.833 bits per heavy atom. The molecule has 2 aliphatic rings. The number of rotatable bonds is 3. The maximum atomic E-state index is 13.5. The molecule has 0 bridgehead atoms. The Morgan fingerprint density at radius 3 is 2.27 bits per heavy atom. The zero-order valence-electron chi connectivity index (χ0n) is 15.6. The lowest BCUT2D eigenvalue weighted by Gasteiger charge is -2.28. The molecule has 0 aromatic heterocycles. The lowest BCUT2D eigenvalue weighted by Crippen LogP contribution is -2.37. The van der Waals surface area contributed by atoms with Gasteiger partial charge in [0.05, 0.1) is 17.4 Å². The van der Waals surface area contributed by atoms with Gasteiger partial charge in [-0.05, 0) is 54.1 Å². The van der Waals surface area contributed by atoms with Gasteiger partial charge in [0.15, 0.2) is 6.10 Å². The Balaban J connectivity index is 1.59. The summed E-state index contributed by atoms with van der Waals surface area (Å²) in [4.78, 5) is 34.0. The molecule has 3 aromatic rings. The van der Waals surface area contributed by atoms with Crippen LogP contribution in [0.1, 0.15) is 11.6 Å². The fourth-order valence-electron chi connectivity index (χ4n) is 4.09. The van der Waals surface area contributed by atoms with E-state index < -0.39 is 18.1 Å². The molecule has 0 saturated carbocycles. The zero-order valence-corrected chi connectivity index (χ0v) is 18.0. The van der Waals surface area contributed by atoms with E-state index in [0.29, 0.717) is 10.7 Å². The lowest BCUT2D eigenvalue weighted by atomic mass is 9.90. The molecule has 0 unspecified atom stereocenters. The van der Waals surface area contributed by atoms with E-state index in [2.05, 4.69) is 15.9 Å². The SMILES string of the molecule is O=C1[C@H]2[C@H](ON(c3ccccc3)[C@H]2c2cccc(Br)c2)C(=O)N1c1ccc(Cl)cc1. The molecule has 0 aliphatic carbocycles. The van der Waals surface area contributed by atoms with Crippen molar-refractivity contribution in [3.8, 4) is 0 Å². The molecule has 3 aromatic carbocycles. The highest BCUT2D eigenvalue weighted by Gasteiger charge is 2.60.